The molecule has 2 N–H and O–H groups in total. The lowest BCUT2D eigenvalue weighted by atomic mass is 9.90. The van der Waals surface area contributed by atoms with Gasteiger partial charge in [0.25, 0.3) is 0 Å². The van der Waals surface area contributed by atoms with Gasteiger partial charge in [0.2, 0.25) is 5.91 Å². The summed E-state index contributed by atoms with van der Waals surface area (Å²) in [5.74, 6) is 0.0928. The quantitative estimate of drug-likeness (QED) is 0.723. The van der Waals surface area contributed by atoms with Crippen molar-refractivity contribution in [3.8, 4) is 5.75 Å². The molecule has 0 bridgehead atoms. The van der Waals surface area contributed by atoms with Crippen molar-refractivity contribution >= 4 is 11.6 Å². The molecule has 4 heteroatoms. The van der Waals surface area contributed by atoms with E-state index in [0.717, 1.165) is 0 Å². The third-order valence-corrected chi connectivity index (χ3v) is 4.99. The normalized spacial score (nSPS) is 14.7. The number of phenols is 1. The zero-order valence-electron chi connectivity index (χ0n) is 15.0. The Hall–Kier alpha value is -3.11. The van der Waals surface area contributed by atoms with Crippen LogP contribution in [0.1, 0.15) is 17.2 Å². The lowest BCUT2D eigenvalue weighted by Crippen LogP contribution is -2.53. The fourth-order valence-electron chi connectivity index (χ4n) is 3.60. The van der Waals surface area contributed by atoms with Gasteiger partial charge in [-0.3, -0.25) is 9.69 Å². The monoisotopic (exact) mass is 358 g/mol. The summed E-state index contributed by atoms with van der Waals surface area (Å²) in [4.78, 5) is 14.9. The Morgan fingerprint density at radius 1 is 0.889 bits per heavy atom. The van der Waals surface area contributed by atoms with Gasteiger partial charge < -0.3 is 10.4 Å². The van der Waals surface area contributed by atoms with Crippen LogP contribution in [0.25, 0.3) is 0 Å². The molecule has 0 unspecified atom stereocenters. The summed E-state index contributed by atoms with van der Waals surface area (Å²) in [6.07, 6.45) is 0. The standard InChI is InChI=1S/C23H22N2O2/c26-21-13-7-12-20(14-21)24-23(27)19-15-25(16-19)22(17-8-3-1-4-9-17)18-10-5-2-6-11-18/h1-14,19,22,26H,15-16H2,(H,24,27). The minimum atomic E-state index is -0.0535. The molecule has 0 atom stereocenters. The van der Waals surface area contributed by atoms with Crippen LogP contribution in [0.2, 0.25) is 0 Å². The van der Waals surface area contributed by atoms with Crippen LogP contribution < -0.4 is 5.32 Å². The summed E-state index contributed by atoms with van der Waals surface area (Å²) in [7, 11) is 0. The molecule has 3 aromatic carbocycles. The zero-order chi connectivity index (χ0) is 18.6. The van der Waals surface area contributed by atoms with E-state index in [-0.39, 0.29) is 23.6 Å². The second-order valence-corrected chi connectivity index (χ2v) is 6.91. The van der Waals surface area contributed by atoms with Crippen LogP contribution in [0.3, 0.4) is 0 Å². The molecule has 1 amide bonds. The SMILES string of the molecule is O=C(Nc1cccc(O)c1)C1CN(C(c2ccccc2)c2ccccc2)C1. The fourth-order valence-corrected chi connectivity index (χ4v) is 3.60. The van der Waals surface area contributed by atoms with Gasteiger partial charge in [0.1, 0.15) is 5.75 Å². The molecular formula is C23H22N2O2. The van der Waals surface area contributed by atoms with Crippen molar-refractivity contribution in [1.82, 2.24) is 4.90 Å². The number of likely N-dealkylation sites (tertiary alicyclic amines) is 1. The maximum atomic E-state index is 12.5. The second-order valence-electron chi connectivity index (χ2n) is 6.91. The van der Waals surface area contributed by atoms with Gasteiger partial charge >= 0.3 is 0 Å². The van der Waals surface area contributed by atoms with Crippen LogP contribution in [0.5, 0.6) is 5.75 Å². The largest absolute Gasteiger partial charge is 0.508 e. The molecule has 0 aliphatic carbocycles. The van der Waals surface area contributed by atoms with E-state index < -0.39 is 0 Å². The molecule has 4 rings (SSSR count). The van der Waals surface area contributed by atoms with Gasteiger partial charge in [-0.05, 0) is 23.3 Å². The number of carbonyl (C=O) groups excluding carboxylic acids is 1. The molecule has 0 radical (unpaired) electrons. The summed E-state index contributed by atoms with van der Waals surface area (Å²) in [5, 5.41) is 12.4. The van der Waals surface area contributed by atoms with Crippen molar-refractivity contribution in [3.63, 3.8) is 0 Å². The van der Waals surface area contributed by atoms with Crippen LogP contribution in [-0.2, 0) is 4.79 Å². The third kappa shape index (κ3) is 3.86. The van der Waals surface area contributed by atoms with Crippen molar-refractivity contribution in [2.75, 3.05) is 18.4 Å². The number of hydrogen-bond donors (Lipinski definition) is 2. The maximum absolute atomic E-state index is 12.5. The van der Waals surface area contributed by atoms with Gasteiger partial charge in [-0.1, -0.05) is 66.7 Å². The van der Waals surface area contributed by atoms with E-state index in [2.05, 4.69) is 58.7 Å². The van der Waals surface area contributed by atoms with Crippen LogP contribution in [0, 0.1) is 5.92 Å². The van der Waals surface area contributed by atoms with Gasteiger partial charge in [-0.2, -0.15) is 0 Å². The predicted octanol–water partition coefficient (Wildman–Crippen LogP) is 4.05. The Balaban J connectivity index is 1.46. The van der Waals surface area contributed by atoms with Crippen LogP contribution in [0.15, 0.2) is 84.9 Å². The number of benzene rings is 3. The Labute approximate surface area is 159 Å². The Kier molecular flexibility index (Phi) is 4.90. The number of anilines is 1. The average molecular weight is 358 g/mol. The molecular weight excluding hydrogens is 336 g/mol. The van der Waals surface area contributed by atoms with Crippen LogP contribution >= 0.6 is 0 Å². The first-order valence-corrected chi connectivity index (χ1v) is 9.14. The number of nitrogens with one attached hydrogen (secondary N) is 1. The van der Waals surface area contributed by atoms with Crippen molar-refractivity contribution in [2.45, 2.75) is 6.04 Å². The highest BCUT2D eigenvalue weighted by Gasteiger charge is 2.37. The van der Waals surface area contributed by atoms with E-state index >= 15 is 0 Å². The summed E-state index contributed by atoms with van der Waals surface area (Å²) < 4.78 is 0. The molecule has 0 saturated carbocycles. The third-order valence-electron chi connectivity index (χ3n) is 4.99. The molecule has 3 aromatic rings. The molecule has 1 saturated heterocycles. The molecule has 1 heterocycles. The van der Waals surface area contributed by atoms with Gasteiger partial charge in [0.05, 0.1) is 12.0 Å². The number of nitrogens with zero attached hydrogens (tertiary/aromatic N) is 1. The number of carbonyl (C=O) groups is 1. The smallest absolute Gasteiger partial charge is 0.230 e. The van der Waals surface area contributed by atoms with Gasteiger partial charge in [0, 0.05) is 24.8 Å². The van der Waals surface area contributed by atoms with Gasteiger partial charge in [0.15, 0.2) is 0 Å². The van der Waals surface area contributed by atoms with E-state index in [9.17, 15) is 9.90 Å². The fraction of sp³-hybridized carbons (Fsp3) is 0.174. The molecule has 0 aromatic heterocycles. The Morgan fingerprint density at radius 3 is 2.04 bits per heavy atom. The highest BCUT2D eigenvalue weighted by atomic mass is 16.3. The molecule has 4 nitrogen and oxygen atoms in total. The summed E-state index contributed by atoms with van der Waals surface area (Å²) >= 11 is 0. The molecule has 1 aliphatic heterocycles. The lowest BCUT2D eigenvalue weighted by molar-refractivity contribution is -0.125. The first kappa shape index (κ1) is 17.3. The molecule has 1 fully saturated rings. The number of rotatable bonds is 5. The maximum Gasteiger partial charge on any atom is 0.230 e. The number of phenolic OH excluding ortho intramolecular Hbond substituents is 1. The van der Waals surface area contributed by atoms with Gasteiger partial charge in [-0.25, -0.2) is 0 Å². The molecule has 0 spiro atoms. The molecule has 27 heavy (non-hydrogen) atoms. The highest BCUT2D eigenvalue weighted by Crippen LogP contribution is 2.34. The van der Waals surface area contributed by atoms with Crippen molar-refractivity contribution < 1.29 is 9.90 Å². The van der Waals surface area contributed by atoms with Crippen molar-refractivity contribution in [2.24, 2.45) is 5.92 Å². The number of hydrogen-bond acceptors (Lipinski definition) is 3. The number of amides is 1. The Morgan fingerprint density at radius 2 is 1.48 bits per heavy atom. The highest BCUT2D eigenvalue weighted by molar-refractivity contribution is 5.93. The Bertz CT molecular complexity index is 866. The second kappa shape index (κ2) is 7.64. The van der Waals surface area contributed by atoms with E-state index in [0.29, 0.717) is 18.8 Å². The van der Waals surface area contributed by atoms with E-state index in [4.69, 9.17) is 0 Å². The van der Waals surface area contributed by atoms with Gasteiger partial charge in [-0.15, -0.1) is 0 Å². The van der Waals surface area contributed by atoms with E-state index in [1.807, 2.05) is 12.1 Å². The first-order chi connectivity index (χ1) is 13.2. The minimum Gasteiger partial charge on any atom is -0.508 e. The predicted molar refractivity (Wildman–Crippen MR) is 107 cm³/mol. The molecule has 136 valence electrons. The zero-order valence-corrected chi connectivity index (χ0v) is 15.0. The lowest BCUT2D eigenvalue weighted by Gasteiger charge is -2.44. The van der Waals surface area contributed by atoms with Crippen molar-refractivity contribution in [3.05, 3.63) is 96.1 Å². The topological polar surface area (TPSA) is 52.6 Å². The number of aromatic hydroxyl groups is 1. The van der Waals surface area contributed by atoms with E-state index in [1.165, 1.54) is 11.1 Å². The summed E-state index contributed by atoms with van der Waals surface area (Å²) in [5.41, 5.74) is 3.09. The van der Waals surface area contributed by atoms with Crippen molar-refractivity contribution in [1.29, 1.82) is 0 Å². The first-order valence-electron chi connectivity index (χ1n) is 9.14. The summed E-state index contributed by atoms with van der Waals surface area (Å²) in [6.45, 7) is 1.41. The minimum absolute atomic E-state index is 0.00303. The van der Waals surface area contributed by atoms with E-state index in [1.54, 1.807) is 24.3 Å². The molecule has 1 aliphatic rings. The van der Waals surface area contributed by atoms with Crippen LogP contribution in [-0.4, -0.2) is 29.0 Å². The summed E-state index contributed by atoms with van der Waals surface area (Å²) in [6, 6.07) is 27.6. The average Bonchev–Trinajstić information content (AvgIpc) is 2.65. The van der Waals surface area contributed by atoms with Crippen LogP contribution in [0.4, 0.5) is 5.69 Å².